The third-order valence-electron chi connectivity index (χ3n) is 4.50. The van der Waals surface area contributed by atoms with E-state index in [1.54, 1.807) is 5.57 Å². The zero-order valence-electron chi connectivity index (χ0n) is 15.2. The summed E-state index contributed by atoms with van der Waals surface area (Å²) in [7, 11) is 0. The molecule has 22 heavy (non-hydrogen) atoms. The molecule has 0 radical (unpaired) electrons. The molecule has 0 spiro atoms. The number of rotatable bonds is 9. The van der Waals surface area contributed by atoms with Gasteiger partial charge in [-0.25, -0.2) is 0 Å². The zero-order valence-corrected chi connectivity index (χ0v) is 15.2. The Balaban J connectivity index is 2.53. The Kier molecular flexibility index (Phi) is 8.30. The Morgan fingerprint density at radius 1 is 1.27 bits per heavy atom. The van der Waals surface area contributed by atoms with Crippen molar-refractivity contribution in [2.24, 2.45) is 5.92 Å². The summed E-state index contributed by atoms with van der Waals surface area (Å²) >= 11 is 0. The molecule has 0 bridgehead atoms. The molecule has 0 saturated carbocycles. The Labute approximate surface area is 137 Å². The molecule has 0 aromatic rings. The van der Waals surface area contributed by atoms with Crippen molar-refractivity contribution in [3.63, 3.8) is 0 Å². The second kappa shape index (κ2) is 9.71. The molecular formula is C21H34O. The van der Waals surface area contributed by atoms with Crippen LogP contribution in [0.25, 0.3) is 0 Å². The van der Waals surface area contributed by atoms with Gasteiger partial charge in [-0.3, -0.25) is 0 Å². The van der Waals surface area contributed by atoms with E-state index >= 15 is 0 Å². The molecule has 1 aliphatic rings. The maximum atomic E-state index is 6.10. The van der Waals surface area contributed by atoms with Crippen molar-refractivity contribution in [2.45, 2.75) is 79.2 Å². The van der Waals surface area contributed by atoms with Crippen LogP contribution in [0, 0.1) is 5.92 Å². The molecule has 2 atom stereocenters. The Morgan fingerprint density at radius 3 is 2.64 bits per heavy atom. The molecule has 0 heterocycles. The minimum absolute atomic E-state index is 0.197. The van der Waals surface area contributed by atoms with Gasteiger partial charge in [0.05, 0.1) is 5.76 Å². The van der Waals surface area contributed by atoms with Gasteiger partial charge in [-0.2, -0.15) is 0 Å². The van der Waals surface area contributed by atoms with Crippen molar-refractivity contribution in [2.75, 3.05) is 0 Å². The van der Waals surface area contributed by atoms with Gasteiger partial charge in [0, 0.05) is 6.42 Å². The third-order valence-corrected chi connectivity index (χ3v) is 4.50. The van der Waals surface area contributed by atoms with E-state index in [-0.39, 0.29) is 6.10 Å². The maximum absolute atomic E-state index is 6.10. The van der Waals surface area contributed by atoms with E-state index in [0.717, 1.165) is 12.8 Å². The molecule has 1 rings (SSSR count). The van der Waals surface area contributed by atoms with Crippen molar-refractivity contribution in [3.05, 3.63) is 47.3 Å². The van der Waals surface area contributed by atoms with Crippen LogP contribution in [0.2, 0.25) is 0 Å². The Hall–Kier alpha value is -1.24. The van der Waals surface area contributed by atoms with Crippen molar-refractivity contribution >= 4 is 0 Å². The summed E-state index contributed by atoms with van der Waals surface area (Å²) in [6.07, 6.45) is 13.7. The first-order valence-corrected chi connectivity index (χ1v) is 8.75. The average molecular weight is 303 g/mol. The van der Waals surface area contributed by atoms with Crippen LogP contribution in [0.15, 0.2) is 47.3 Å². The lowest BCUT2D eigenvalue weighted by molar-refractivity contribution is 0.162. The molecule has 1 nitrogen and oxygen atoms in total. The van der Waals surface area contributed by atoms with Crippen LogP contribution in [-0.4, -0.2) is 6.10 Å². The summed E-state index contributed by atoms with van der Waals surface area (Å²) in [5.41, 5.74) is 4.28. The average Bonchev–Trinajstić information content (AvgIpc) is 2.89. The molecule has 124 valence electrons. The van der Waals surface area contributed by atoms with E-state index in [9.17, 15) is 0 Å². The van der Waals surface area contributed by atoms with E-state index < -0.39 is 0 Å². The first kappa shape index (κ1) is 18.8. The van der Waals surface area contributed by atoms with Gasteiger partial charge in [-0.1, -0.05) is 36.8 Å². The van der Waals surface area contributed by atoms with Crippen LogP contribution >= 0.6 is 0 Å². The van der Waals surface area contributed by atoms with E-state index in [2.05, 4.69) is 52.5 Å². The van der Waals surface area contributed by atoms with Crippen LogP contribution in [0.1, 0.15) is 73.1 Å². The van der Waals surface area contributed by atoms with Gasteiger partial charge in [0.1, 0.15) is 6.10 Å². The lowest BCUT2D eigenvalue weighted by atomic mass is 9.93. The molecule has 0 amide bonds. The topological polar surface area (TPSA) is 9.23 Å². The monoisotopic (exact) mass is 302 g/mol. The molecule has 0 fully saturated rings. The molecule has 1 aliphatic carbocycles. The fourth-order valence-corrected chi connectivity index (χ4v) is 2.87. The molecule has 1 heteroatoms. The first-order chi connectivity index (χ1) is 10.4. The van der Waals surface area contributed by atoms with Gasteiger partial charge in [0.2, 0.25) is 0 Å². The van der Waals surface area contributed by atoms with Crippen molar-refractivity contribution in [3.8, 4) is 0 Å². The molecule has 0 aromatic heterocycles. The molecule has 0 aromatic carbocycles. The summed E-state index contributed by atoms with van der Waals surface area (Å²) < 4.78 is 6.10. The Bertz CT molecular complexity index is 451. The summed E-state index contributed by atoms with van der Waals surface area (Å²) in [5.74, 6) is 1.91. The van der Waals surface area contributed by atoms with Gasteiger partial charge in [0.15, 0.2) is 0 Å². The highest BCUT2D eigenvalue weighted by Gasteiger charge is 2.18. The first-order valence-electron chi connectivity index (χ1n) is 8.75. The number of hydrogen-bond acceptors (Lipinski definition) is 1. The number of hydrogen-bond donors (Lipinski definition) is 0. The Morgan fingerprint density at radius 2 is 2.00 bits per heavy atom. The lowest BCUT2D eigenvalue weighted by Gasteiger charge is -2.16. The van der Waals surface area contributed by atoms with E-state index in [1.807, 2.05) is 6.92 Å². The summed E-state index contributed by atoms with van der Waals surface area (Å²) in [6.45, 7) is 14.8. The van der Waals surface area contributed by atoms with Crippen molar-refractivity contribution < 1.29 is 4.74 Å². The molecule has 0 unspecified atom stereocenters. The van der Waals surface area contributed by atoms with Crippen LogP contribution in [0.3, 0.4) is 0 Å². The third kappa shape index (κ3) is 6.68. The van der Waals surface area contributed by atoms with Gasteiger partial charge in [0.25, 0.3) is 0 Å². The summed E-state index contributed by atoms with van der Waals surface area (Å²) in [6, 6.07) is 0. The quantitative estimate of drug-likeness (QED) is 0.429. The summed E-state index contributed by atoms with van der Waals surface area (Å²) in [4.78, 5) is 0. The van der Waals surface area contributed by atoms with Crippen LogP contribution in [0.5, 0.6) is 0 Å². The van der Waals surface area contributed by atoms with Crippen LogP contribution < -0.4 is 0 Å². The van der Waals surface area contributed by atoms with Crippen molar-refractivity contribution in [1.82, 2.24) is 0 Å². The van der Waals surface area contributed by atoms with E-state index in [1.165, 1.54) is 42.6 Å². The molecule has 0 saturated heterocycles. The standard InChI is InChI=1S/C21H34O/c1-7-9-19(6)22-21-11-8-10-20(21)15-14-18(5)17(4)13-12-16(2)3/h7,9,13,18-19H,2,8,10-12,14-15H2,1,3-6H3/b9-7-,17-13-/t18-,19+/m1/s1. The highest BCUT2D eigenvalue weighted by Crippen LogP contribution is 2.33. The largest absolute Gasteiger partial charge is 0.491 e. The highest BCUT2D eigenvalue weighted by molar-refractivity contribution is 5.16. The van der Waals surface area contributed by atoms with E-state index in [4.69, 9.17) is 4.74 Å². The van der Waals surface area contributed by atoms with Gasteiger partial charge < -0.3 is 4.74 Å². The predicted octanol–water partition coefficient (Wildman–Crippen LogP) is 6.73. The number of ether oxygens (including phenoxy) is 1. The van der Waals surface area contributed by atoms with Crippen molar-refractivity contribution in [1.29, 1.82) is 0 Å². The normalized spacial score (nSPS) is 18.9. The summed E-state index contributed by atoms with van der Waals surface area (Å²) in [5, 5.41) is 0. The molecular weight excluding hydrogens is 268 g/mol. The fraction of sp³-hybridized carbons (Fsp3) is 0.619. The maximum Gasteiger partial charge on any atom is 0.114 e. The lowest BCUT2D eigenvalue weighted by Crippen LogP contribution is -2.05. The van der Waals surface area contributed by atoms with Gasteiger partial charge >= 0.3 is 0 Å². The van der Waals surface area contributed by atoms with Gasteiger partial charge in [-0.05, 0) is 77.4 Å². The van der Waals surface area contributed by atoms with Gasteiger partial charge in [-0.15, -0.1) is 0 Å². The van der Waals surface area contributed by atoms with Crippen LogP contribution in [-0.2, 0) is 4.74 Å². The molecule has 0 N–H and O–H groups in total. The molecule has 0 aliphatic heterocycles. The zero-order chi connectivity index (χ0) is 16.5. The highest BCUT2D eigenvalue weighted by atomic mass is 16.5. The SMILES string of the molecule is C=C(C)C/C=C(/C)[C@H](C)CCC1=C(O[C@@H](C)/C=C\C)CCC1. The van der Waals surface area contributed by atoms with Crippen LogP contribution in [0.4, 0.5) is 0 Å². The second-order valence-electron chi connectivity index (χ2n) is 6.78. The number of allylic oxidation sites excluding steroid dienone is 6. The predicted molar refractivity (Wildman–Crippen MR) is 97.8 cm³/mol. The smallest absolute Gasteiger partial charge is 0.114 e. The minimum atomic E-state index is 0.197. The van der Waals surface area contributed by atoms with E-state index in [0.29, 0.717) is 5.92 Å². The minimum Gasteiger partial charge on any atom is -0.491 e. The fourth-order valence-electron chi connectivity index (χ4n) is 2.87. The second-order valence-corrected chi connectivity index (χ2v) is 6.78.